The molecule has 24 heavy (non-hydrogen) atoms. The number of carbonyl (C=O) groups excluding carboxylic acids is 2. The van der Waals surface area contributed by atoms with Gasteiger partial charge >= 0.3 is 0 Å². The molecule has 0 saturated carbocycles. The van der Waals surface area contributed by atoms with E-state index >= 15 is 0 Å². The smallest absolute Gasteiger partial charge is 0.242 e. The fourth-order valence-corrected chi connectivity index (χ4v) is 4.42. The molecule has 132 valence electrons. The number of aliphatic hydroxyl groups excluding tert-OH is 1. The van der Waals surface area contributed by atoms with Gasteiger partial charge < -0.3 is 19.5 Å². The zero-order valence-corrected chi connectivity index (χ0v) is 14.6. The summed E-state index contributed by atoms with van der Waals surface area (Å²) in [7, 11) is 0. The fraction of sp³-hybridized carbons (Fsp3) is 0.706. The third kappa shape index (κ3) is 2.81. The van der Waals surface area contributed by atoms with Gasteiger partial charge in [0.05, 0.1) is 12.1 Å². The Hall–Kier alpha value is -1.89. The van der Waals surface area contributed by atoms with Gasteiger partial charge in [0.25, 0.3) is 0 Å². The minimum Gasteiger partial charge on any atom is -0.394 e. The Labute approximate surface area is 142 Å². The molecule has 2 aliphatic rings. The van der Waals surface area contributed by atoms with Crippen molar-refractivity contribution in [3.05, 3.63) is 18.2 Å². The standard InChI is InChI=1S/C17H26N4O3/c1-12-18-5-7-19(12)10-16(24)20-6-4-15-14(9-20)8-17(3,11-22)21(15)13(2)23/h5,7,14-15,22H,4,6,8-11H2,1-3H3/t14-,15-,17+/m0/s1. The predicted molar refractivity (Wildman–Crippen MR) is 88.1 cm³/mol. The van der Waals surface area contributed by atoms with Gasteiger partial charge in [0.2, 0.25) is 11.8 Å². The van der Waals surface area contributed by atoms with Crippen molar-refractivity contribution < 1.29 is 14.7 Å². The number of fused-ring (bicyclic) bond motifs is 1. The van der Waals surface area contributed by atoms with Crippen molar-refractivity contribution in [1.29, 1.82) is 0 Å². The Kier molecular flexibility index (Phi) is 4.38. The number of carbonyl (C=O) groups is 2. The van der Waals surface area contributed by atoms with E-state index in [1.54, 1.807) is 13.1 Å². The Morgan fingerprint density at radius 2 is 2.21 bits per heavy atom. The molecular weight excluding hydrogens is 308 g/mol. The molecule has 3 heterocycles. The van der Waals surface area contributed by atoms with Crippen LogP contribution < -0.4 is 0 Å². The molecule has 1 aromatic rings. The molecule has 1 N–H and O–H groups in total. The number of hydrogen-bond acceptors (Lipinski definition) is 4. The number of likely N-dealkylation sites (tertiary alicyclic amines) is 2. The number of amides is 2. The highest BCUT2D eigenvalue weighted by Crippen LogP contribution is 2.41. The van der Waals surface area contributed by atoms with E-state index in [0.29, 0.717) is 19.6 Å². The lowest BCUT2D eigenvalue weighted by atomic mass is 9.89. The van der Waals surface area contributed by atoms with E-state index in [1.807, 2.05) is 34.4 Å². The number of aromatic nitrogens is 2. The summed E-state index contributed by atoms with van der Waals surface area (Å²) in [5.41, 5.74) is -0.513. The lowest BCUT2D eigenvalue weighted by Crippen LogP contribution is -2.53. The van der Waals surface area contributed by atoms with Crippen molar-refractivity contribution in [2.24, 2.45) is 5.92 Å². The lowest BCUT2D eigenvalue weighted by molar-refractivity contribution is -0.138. The minimum absolute atomic E-state index is 0.00728. The quantitative estimate of drug-likeness (QED) is 0.868. The van der Waals surface area contributed by atoms with Crippen LogP contribution in [0.25, 0.3) is 0 Å². The Morgan fingerprint density at radius 1 is 1.46 bits per heavy atom. The van der Waals surface area contributed by atoms with Crippen molar-refractivity contribution in [1.82, 2.24) is 19.4 Å². The van der Waals surface area contributed by atoms with Crippen LogP contribution in [0.5, 0.6) is 0 Å². The molecule has 2 aliphatic heterocycles. The summed E-state index contributed by atoms with van der Waals surface area (Å²) in [5.74, 6) is 1.15. The number of nitrogens with zero attached hydrogens (tertiary/aromatic N) is 4. The van der Waals surface area contributed by atoms with Crippen molar-refractivity contribution in [2.45, 2.75) is 51.7 Å². The number of piperidine rings is 1. The maximum atomic E-state index is 12.6. The van der Waals surface area contributed by atoms with Crippen molar-refractivity contribution in [3.63, 3.8) is 0 Å². The third-order valence-electron chi connectivity index (χ3n) is 5.57. The van der Waals surface area contributed by atoms with Crippen LogP contribution >= 0.6 is 0 Å². The summed E-state index contributed by atoms with van der Waals surface area (Å²) < 4.78 is 1.85. The van der Waals surface area contributed by atoms with E-state index in [4.69, 9.17) is 0 Å². The molecule has 2 amide bonds. The van der Waals surface area contributed by atoms with E-state index in [9.17, 15) is 14.7 Å². The third-order valence-corrected chi connectivity index (χ3v) is 5.57. The van der Waals surface area contributed by atoms with Gasteiger partial charge in [-0.25, -0.2) is 4.98 Å². The Bertz CT molecular complexity index is 644. The van der Waals surface area contributed by atoms with Crippen LogP contribution in [0.2, 0.25) is 0 Å². The van der Waals surface area contributed by atoms with E-state index in [0.717, 1.165) is 18.7 Å². The van der Waals surface area contributed by atoms with E-state index in [2.05, 4.69) is 4.98 Å². The Balaban J connectivity index is 1.70. The topological polar surface area (TPSA) is 78.7 Å². The average molecular weight is 334 g/mol. The second-order valence-electron chi connectivity index (χ2n) is 7.31. The largest absolute Gasteiger partial charge is 0.394 e. The molecule has 0 unspecified atom stereocenters. The van der Waals surface area contributed by atoms with E-state index in [-0.39, 0.29) is 30.4 Å². The van der Waals surface area contributed by atoms with Gasteiger partial charge in [-0.3, -0.25) is 9.59 Å². The predicted octanol–water partition coefficient (Wildman–Crippen LogP) is 0.412. The number of aryl methyl sites for hydroxylation is 1. The summed E-state index contributed by atoms with van der Waals surface area (Å²) in [6.45, 7) is 6.95. The van der Waals surface area contributed by atoms with E-state index in [1.165, 1.54) is 0 Å². The van der Waals surface area contributed by atoms with Gasteiger partial charge in [-0.1, -0.05) is 0 Å². The van der Waals surface area contributed by atoms with Gasteiger partial charge in [0.1, 0.15) is 12.4 Å². The van der Waals surface area contributed by atoms with Gasteiger partial charge in [0.15, 0.2) is 0 Å². The molecule has 7 heteroatoms. The van der Waals surface area contributed by atoms with Gasteiger partial charge in [-0.15, -0.1) is 0 Å². The second-order valence-corrected chi connectivity index (χ2v) is 7.31. The van der Waals surface area contributed by atoms with Crippen LogP contribution in [0.15, 0.2) is 12.4 Å². The van der Waals surface area contributed by atoms with Crippen LogP contribution in [0.4, 0.5) is 0 Å². The molecule has 1 aromatic heterocycles. The number of hydrogen-bond donors (Lipinski definition) is 1. The van der Waals surface area contributed by atoms with Gasteiger partial charge in [0, 0.05) is 38.4 Å². The summed E-state index contributed by atoms with van der Waals surface area (Å²) >= 11 is 0. The number of imidazole rings is 1. The van der Waals surface area contributed by atoms with Crippen LogP contribution in [0.1, 0.15) is 32.5 Å². The summed E-state index contributed by atoms with van der Waals surface area (Å²) in [5, 5.41) is 9.78. The summed E-state index contributed by atoms with van der Waals surface area (Å²) in [6.07, 6.45) is 5.02. The molecule has 0 aliphatic carbocycles. The number of rotatable bonds is 3. The zero-order valence-electron chi connectivity index (χ0n) is 14.6. The molecule has 0 aromatic carbocycles. The van der Waals surface area contributed by atoms with Crippen molar-refractivity contribution >= 4 is 11.8 Å². The molecule has 2 saturated heterocycles. The van der Waals surface area contributed by atoms with Gasteiger partial charge in [-0.05, 0) is 32.6 Å². The SMILES string of the molecule is CC(=O)N1[C@H]2CCN(C(=O)Cn3ccnc3C)C[C@@H]2C[C@]1(C)CO. The lowest BCUT2D eigenvalue weighted by Gasteiger charge is -2.40. The second kappa shape index (κ2) is 6.20. The van der Waals surface area contributed by atoms with E-state index < -0.39 is 5.54 Å². The first-order chi connectivity index (χ1) is 11.4. The zero-order chi connectivity index (χ0) is 17.5. The molecule has 0 spiro atoms. The molecule has 0 bridgehead atoms. The van der Waals surface area contributed by atoms with Crippen molar-refractivity contribution in [3.8, 4) is 0 Å². The normalized spacial score (nSPS) is 29.7. The highest BCUT2D eigenvalue weighted by molar-refractivity contribution is 5.77. The molecule has 3 rings (SSSR count). The molecule has 7 nitrogen and oxygen atoms in total. The molecular formula is C17H26N4O3. The summed E-state index contributed by atoms with van der Waals surface area (Å²) in [4.78, 5) is 32.5. The molecule has 0 radical (unpaired) electrons. The fourth-order valence-electron chi connectivity index (χ4n) is 4.42. The molecule has 3 atom stereocenters. The minimum atomic E-state index is -0.513. The number of aliphatic hydroxyl groups is 1. The maximum absolute atomic E-state index is 12.6. The van der Waals surface area contributed by atoms with Crippen LogP contribution in [-0.2, 0) is 16.1 Å². The van der Waals surface area contributed by atoms with Crippen LogP contribution in [0.3, 0.4) is 0 Å². The van der Waals surface area contributed by atoms with Crippen LogP contribution in [-0.4, -0.2) is 67.5 Å². The average Bonchev–Trinajstić information content (AvgIpc) is 3.07. The monoisotopic (exact) mass is 334 g/mol. The van der Waals surface area contributed by atoms with Crippen LogP contribution in [0, 0.1) is 12.8 Å². The highest BCUT2D eigenvalue weighted by Gasteiger charge is 2.51. The molecule has 2 fully saturated rings. The maximum Gasteiger partial charge on any atom is 0.242 e. The first-order valence-electron chi connectivity index (χ1n) is 8.52. The first kappa shape index (κ1) is 17.0. The highest BCUT2D eigenvalue weighted by atomic mass is 16.3. The van der Waals surface area contributed by atoms with Crippen molar-refractivity contribution in [2.75, 3.05) is 19.7 Å². The Morgan fingerprint density at radius 3 is 2.79 bits per heavy atom. The summed E-state index contributed by atoms with van der Waals surface area (Å²) in [6, 6.07) is 0.124. The van der Waals surface area contributed by atoms with Gasteiger partial charge in [-0.2, -0.15) is 0 Å². The first-order valence-corrected chi connectivity index (χ1v) is 8.52.